The minimum atomic E-state index is -0.284. The molecule has 7 nitrogen and oxygen atoms in total. The Kier molecular flexibility index (Phi) is 6.08. The fourth-order valence-electron chi connectivity index (χ4n) is 2.54. The van der Waals surface area contributed by atoms with E-state index in [2.05, 4.69) is 10.6 Å². The van der Waals surface area contributed by atoms with Crippen LogP contribution >= 0.6 is 0 Å². The Morgan fingerprint density at radius 1 is 1.17 bits per heavy atom. The van der Waals surface area contributed by atoms with Gasteiger partial charge in [0.2, 0.25) is 0 Å². The van der Waals surface area contributed by atoms with E-state index in [9.17, 15) is 9.59 Å². The molecule has 126 valence electrons. The normalized spacial score (nSPS) is 15.0. The number of carbonyl (C=O) groups excluding carboxylic acids is 2. The highest BCUT2D eigenvalue weighted by atomic mass is 16.5. The lowest BCUT2D eigenvalue weighted by Gasteiger charge is -2.30. The zero-order valence-corrected chi connectivity index (χ0v) is 13.5. The molecule has 7 heteroatoms. The summed E-state index contributed by atoms with van der Waals surface area (Å²) < 4.78 is 9.77. The van der Waals surface area contributed by atoms with Gasteiger partial charge in [-0.05, 0) is 43.0 Å². The molecular formula is C16H23N3O4. The lowest BCUT2D eigenvalue weighted by molar-refractivity contribution is 0.106. The Bertz CT molecular complexity index is 525. The van der Waals surface area contributed by atoms with E-state index in [1.165, 1.54) is 7.11 Å². The molecule has 1 aromatic carbocycles. The first-order valence-corrected chi connectivity index (χ1v) is 7.64. The maximum Gasteiger partial charge on any atom is 0.409 e. The van der Waals surface area contributed by atoms with Crippen molar-refractivity contribution in [3.05, 3.63) is 24.3 Å². The van der Waals surface area contributed by atoms with Gasteiger partial charge in [0.15, 0.2) is 0 Å². The van der Waals surface area contributed by atoms with E-state index in [1.807, 2.05) is 0 Å². The molecule has 0 bridgehead atoms. The van der Waals surface area contributed by atoms with Gasteiger partial charge in [0.1, 0.15) is 5.75 Å². The molecule has 2 N–H and O–H groups in total. The average molecular weight is 321 g/mol. The molecular weight excluding hydrogens is 298 g/mol. The van der Waals surface area contributed by atoms with Crippen LogP contribution in [0.2, 0.25) is 0 Å². The van der Waals surface area contributed by atoms with Gasteiger partial charge in [-0.25, -0.2) is 9.59 Å². The number of urea groups is 1. The molecule has 0 unspecified atom stereocenters. The number of methoxy groups -OCH3 is 2. The van der Waals surface area contributed by atoms with E-state index in [4.69, 9.17) is 9.47 Å². The number of anilines is 1. The molecule has 0 aliphatic carbocycles. The minimum absolute atomic E-state index is 0.231. The summed E-state index contributed by atoms with van der Waals surface area (Å²) in [5.74, 6) is 1.12. The Morgan fingerprint density at radius 3 is 2.39 bits per heavy atom. The second-order valence-electron chi connectivity index (χ2n) is 5.46. The van der Waals surface area contributed by atoms with Crippen molar-refractivity contribution in [1.82, 2.24) is 10.2 Å². The number of amides is 3. The molecule has 2 rings (SSSR count). The van der Waals surface area contributed by atoms with Crippen molar-refractivity contribution < 1.29 is 19.1 Å². The topological polar surface area (TPSA) is 79.9 Å². The van der Waals surface area contributed by atoms with E-state index >= 15 is 0 Å². The highest BCUT2D eigenvalue weighted by Gasteiger charge is 2.23. The quantitative estimate of drug-likeness (QED) is 0.892. The van der Waals surface area contributed by atoms with Crippen LogP contribution in [0.4, 0.5) is 15.3 Å². The predicted octanol–water partition coefficient (Wildman–Crippen LogP) is 2.30. The van der Waals surface area contributed by atoms with E-state index in [-0.39, 0.29) is 12.1 Å². The summed E-state index contributed by atoms with van der Waals surface area (Å²) in [6.07, 6.45) is 1.43. The number of nitrogens with one attached hydrogen (secondary N) is 2. The number of piperidine rings is 1. The first kappa shape index (κ1) is 16.9. The van der Waals surface area contributed by atoms with Gasteiger partial charge in [-0.1, -0.05) is 0 Å². The molecule has 3 amide bonds. The summed E-state index contributed by atoms with van der Waals surface area (Å²) in [5.41, 5.74) is 0.712. The average Bonchev–Trinajstić information content (AvgIpc) is 2.60. The van der Waals surface area contributed by atoms with Gasteiger partial charge in [-0.15, -0.1) is 0 Å². The van der Waals surface area contributed by atoms with Crippen LogP contribution in [0.15, 0.2) is 24.3 Å². The van der Waals surface area contributed by atoms with Gasteiger partial charge in [-0.3, -0.25) is 0 Å². The van der Waals surface area contributed by atoms with Crippen molar-refractivity contribution in [1.29, 1.82) is 0 Å². The van der Waals surface area contributed by atoms with E-state index in [0.29, 0.717) is 31.2 Å². The molecule has 0 radical (unpaired) electrons. The summed E-state index contributed by atoms with van der Waals surface area (Å²) in [5, 5.41) is 5.65. The maximum atomic E-state index is 11.9. The minimum Gasteiger partial charge on any atom is -0.497 e. The zero-order chi connectivity index (χ0) is 16.7. The molecule has 0 aromatic heterocycles. The fraction of sp³-hybridized carbons (Fsp3) is 0.500. The summed E-state index contributed by atoms with van der Waals surface area (Å²) in [7, 11) is 2.99. The van der Waals surface area contributed by atoms with E-state index in [0.717, 1.165) is 18.6 Å². The van der Waals surface area contributed by atoms with Crippen LogP contribution in [0.3, 0.4) is 0 Å². The number of likely N-dealkylation sites (tertiary alicyclic amines) is 1. The standard InChI is InChI=1S/C16H23N3O4/c1-22-14-5-3-13(4-6-14)18-15(20)17-11-12-7-9-19(10-8-12)16(21)23-2/h3-6,12H,7-11H2,1-2H3,(H2,17,18,20). The van der Waals surface area contributed by atoms with Crippen molar-refractivity contribution in [2.75, 3.05) is 39.2 Å². The van der Waals surface area contributed by atoms with Gasteiger partial charge >= 0.3 is 12.1 Å². The smallest absolute Gasteiger partial charge is 0.409 e. The van der Waals surface area contributed by atoms with Crippen LogP contribution in [0.1, 0.15) is 12.8 Å². The molecule has 23 heavy (non-hydrogen) atoms. The molecule has 1 aliphatic rings. The lowest BCUT2D eigenvalue weighted by Crippen LogP contribution is -2.42. The Morgan fingerprint density at radius 2 is 1.83 bits per heavy atom. The van der Waals surface area contributed by atoms with Crippen LogP contribution < -0.4 is 15.4 Å². The summed E-state index contributed by atoms with van der Waals surface area (Å²) in [6.45, 7) is 1.93. The second-order valence-corrected chi connectivity index (χ2v) is 5.46. The van der Waals surface area contributed by atoms with Crippen molar-refractivity contribution in [2.24, 2.45) is 5.92 Å². The van der Waals surface area contributed by atoms with Crippen LogP contribution in [-0.4, -0.2) is 50.9 Å². The van der Waals surface area contributed by atoms with Crippen molar-refractivity contribution in [3.8, 4) is 5.75 Å². The molecule has 1 aromatic rings. The van der Waals surface area contributed by atoms with Crippen molar-refractivity contribution in [3.63, 3.8) is 0 Å². The highest BCUT2D eigenvalue weighted by Crippen LogP contribution is 2.17. The Labute approximate surface area is 135 Å². The Balaban J connectivity index is 1.69. The first-order valence-electron chi connectivity index (χ1n) is 7.64. The van der Waals surface area contributed by atoms with Gasteiger partial charge in [0.25, 0.3) is 0 Å². The molecule has 1 aliphatic heterocycles. The summed E-state index contributed by atoms with van der Waals surface area (Å²) in [4.78, 5) is 25.0. The maximum absolute atomic E-state index is 11.9. The SMILES string of the molecule is COC(=O)N1CCC(CNC(=O)Nc2ccc(OC)cc2)CC1. The molecule has 0 spiro atoms. The fourth-order valence-corrected chi connectivity index (χ4v) is 2.54. The molecule has 0 saturated carbocycles. The number of nitrogens with zero attached hydrogens (tertiary/aromatic N) is 1. The number of hydrogen-bond donors (Lipinski definition) is 2. The zero-order valence-electron chi connectivity index (χ0n) is 13.5. The van der Waals surface area contributed by atoms with E-state index < -0.39 is 0 Å². The molecule has 1 heterocycles. The van der Waals surface area contributed by atoms with Gasteiger partial charge in [0, 0.05) is 25.3 Å². The first-order chi connectivity index (χ1) is 11.1. The third-order valence-corrected chi connectivity index (χ3v) is 3.95. The third kappa shape index (κ3) is 5.05. The number of hydrogen-bond acceptors (Lipinski definition) is 4. The molecule has 0 atom stereocenters. The van der Waals surface area contributed by atoms with Crippen molar-refractivity contribution in [2.45, 2.75) is 12.8 Å². The van der Waals surface area contributed by atoms with Gasteiger partial charge in [-0.2, -0.15) is 0 Å². The molecule has 1 fully saturated rings. The molecule has 1 saturated heterocycles. The summed E-state index contributed by atoms with van der Waals surface area (Å²) in [6, 6.07) is 6.92. The third-order valence-electron chi connectivity index (χ3n) is 3.95. The number of carbonyl (C=O) groups is 2. The van der Waals surface area contributed by atoms with Crippen LogP contribution in [0.25, 0.3) is 0 Å². The Hall–Kier alpha value is -2.44. The predicted molar refractivity (Wildman–Crippen MR) is 86.7 cm³/mol. The van der Waals surface area contributed by atoms with Gasteiger partial charge in [0.05, 0.1) is 14.2 Å². The van der Waals surface area contributed by atoms with E-state index in [1.54, 1.807) is 36.3 Å². The van der Waals surface area contributed by atoms with Crippen LogP contribution in [0.5, 0.6) is 5.75 Å². The summed E-state index contributed by atoms with van der Waals surface area (Å²) >= 11 is 0. The largest absolute Gasteiger partial charge is 0.497 e. The second kappa shape index (κ2) is 8.26. The van der Waals surface area contributed by atoms with Crippen LogP contribution in [0, 0.1) is 5.92 Å². The number of rotatable bonds is 4. The lowest BCUT2D eigenvalue weighted by atomic mass is 9.97. The van der Waals surface area contributed by atoms with Crippen molar-refractivity contribution >= 4 is 17.8 Å². The van der Waals surface area contributed by atoms with Crippen LogP contribution in [-0.2, 0) is 4.74 Å². The monoisotopic (exact) mass is 321 g/mol. The number of benzene rings is 1. The highest BCUT2D eigenvalue weighted by molar-refractivity contribution is 5.89. The van der Waals surface area contributed by atoms with Gasteiger partial charge < -0.3 is 25.0 Å². The number of ether oxygens (including phenoxy) is 2.